The van der Waals surface area contributed by atoms with Crippen LogP contribution in [-0.4, -0.2) is 4.98 Å². The number of aryl methyl sites for hydroxylation is 1. The van der Waals surface area contributed by atoms with Crippen LogP contribution in [0.15, 0.2) is 36.0 Å². The zero-order valence-electron chi connectivity index (χ0n) is 9.67. The first-order valence-electron chi connectivity index (χ1n) is 6.05. The van der Waals surface area contributed by atoms with Gasteiger partial charge in [0.25, 0.3) is 0 Å². The van der Waals surface area contributed by atoms with E-state index >= 15 is 0 Å². The smallest absolute Gasteiger partial charge is 0.0794 e. The summed E-state index contributed by atoms with van der Waals surface area (Å²) in [5, 5.41) is 0. The second-order valence-corrected chi connectivity index (χ2v) is 5.67. The first kappa shape index (κ1) is 10.9. The molecule has 0 bridgehead atoms. The number of nitrogens with two attached hydrogens (primary N) is 1. The molecule has 1 heterocycles. The Morgan fingerprint density at radius 1 is 1.35 bits per heavy atom. The number of hydrogen-bond acceptors (Lipinski definition) is 3. The fourth-order valence-corrected chi connectivity index (χ4v) is 3.38. The average molecular weight is 244 g/mol. The van der Waals surface area contributed by atoms with Crippen LogP contribution >= 0.6 is 11.3 Å². The summed E-state index contributed by atoms with van der Waals surface area (Å²) in [7, 11) is 0. The fraction of sp³-hybridized carbons (Fsp3) is 0.357. The third kappa shape index (κ3) is 2.13. The Kier molecular flexibility index (Phi) is 2.95. The van der Waals surface area contributed by atoms with Crippen molar-refractivity contribution in [2.45, 2.75) is 25.3 Å². The number of aromatic nitrogens is 1. The molecule has 0 fully saturated rings. The van der Waals surface area contributed by atoms with Crippen molar-refractivity contribution >= 4 is 11.3 Å². The van der Waals surface area contributed by atoms with Gasteiger partial charge in [0.1, 0.15) is 0 Å². The SMILES string of the molecule is NC1c2ccccc2CCC1Cc1cncs1. The molecule has 2 aromatic rings. The normalized spacial score (nSPS) is 23.4. The van der Waals surface area contributed by atoms with E-state index in [-0.39, 0.29) is 6.04 Å². The minimum absolute atomic E-state index is 0.182. The summed E-state index contributed by atoms with van der Waals surface area (Å²) in [5.41, 5.74) is 11.1. The lowest BCUT2D eigenvalue weighted by Crippen LogP contribution is -2.28. The molecule has 3 heteroatoms. The van der Waals surface area contributed by atoms with Gasteiger partial charge in [-0.1, -0.05) is 24.3 Å². The number of nitrogens with zero attached hydrogens (tertiary/aromatic N) is 1. The molecule has 2 unspecified atom stereocenters. The molecule has 88 valence electrons. The number of thiazole rings is 1. The standard InChI is InChI=1S/C14H16N2S/c15-14-11(7-12-8-16-9-17-12)6-5-10-3-1-2-4-13(10)14/h1-4,8-9,11,14H,5-7,15H2. The second kappa shape index (κ2) is 4.59. The molecule has 2 N–H and O–H groups in total. The van der Waals surface area contributed by atoms with Gasteiger partial charge in [0.2, 0.25) is 0 Å². The molecule has 2 atom stereocenters. The molecule has 0 amide bonds. The van der Waals surface area contributed by atoms with Crippen LogP contribution in [0.3, 0.4) is 0 Å². The number of rotatable bonds is 2. The lowest BCUT2D eigenvalue weighted by atomic mass is 9.78. The van der Waals surface area contributed by atoms with Crippen LogP contribution in [-0.2, 0) is 12.8 Å². The van der Waals surface area contributed by atoms with Crippen LogP contribution in [0, 0.1) is 5.92 Å². The molecule has 0 aliphatic heterocycles. The summed E-state index contributed by atoms with van der Waals surface area (Å²) in [6, 6.07) is 8.77. The quantitative estimate of drug-likeness (QED) is 0.882. The van der Waals surface area contributed by atoms with Crippen molar-refractivity contribution in [2.24, 2.45) is 11.7 Å². The Bertz CT molecular complexity index is 493. The van der Waals surface area contributed by atoms with Crippen molar-refractivity contribution < 1.29 is 0 Å². The van der Waals surface area contributed by atoms with Gasteiger partial charge in [-0.05, 0) is 36.3 Å². The number of hydrogen-bond donors (Lipinski definition) is 1. The number of fused-ring (bicyclic) bond motifs is 1. The molecule has 1 aromatic heterocycles. The van der Waals surface area contributed by atoms with E-state index in [1.165, 1.54) is 22.4 Å². The van der Waals surface area contributed by atoms with Crippen LogP contribution in [0.4, 0.5) is 0 Å². The van der Waals surface area contributed by atoms with Crippen molar-refractivity contribution in [1.29, 1.82) is 0 Å². The average Bonchev–Trinajstić information content (AvgIpc) is 2.86. The van der Waals surface area contributed by atoms with E-state index in [1.807, 2.05) is 11.7 Å². The van der Waals surface area contributed by atoms with E-state index in [0.29, 0.717) is 5.92 Å². The third-order valence-corrected chi connectivity index (χ3v) is 4.46. The Labute approximate surface area is 106 Å². The summed E-state index contributed by atoms with van der Waals surface area (Å²) in [6.45, 7) is 0. The molecule has 0 radical (unpaired) electrons. The summed E-state index contributed by atoms with van der Waals surface area (Å²) in [6.07, 6.45) is 5.39. The minimum atomic E-state index is 0.182. The van der Waals surface area contributed by atoms with E-state index in [2.05, 4.69) is 29.2 Å². The van der Waals surface area contributed by atoms with Gasteiger partial charge >= 0.3 is 0 Å². The molecule has 0 saturated carbocycles. The van der Waals surface area contributed by atoms with Crippen LogP contribution in [0.25, 0.3) is 0 Å². The molecule has 1 aliphatic rings. The second-order valence-electron chi connectivity index (χ2n) is 4.70. The molecule has 3 rings (SSSR count). The van der Waals surface area contributed by atoms with E-state index in [1.54, 1.807) is 11.3 Å². The monoisotopic (exact) mass is 244 g/mol. The topological polar surface area (TPSA) is 38.9 Å². The third-order valence-electron chi connectivity index (χ3n) is 3.65. The highest BCUT2D eigenvalue weighted by molar-refractivity contribution is 7.09. The Balaban J connectivity index is 1.82. The summed E-state index contributed by atoms with van der Waals surface area (Å²) >= 11 is 1.73. The van der Waals surface area contributed by atoms with Gasteiger partial charge in [-0.2, -0.15) is 0 Å². The van der Waals surface area contributed by atoms with E-state index in [9.17, 15) is 0 Å². The maximum atomic E-state index is 6.39. The Hall–Kier alpha value is -1.19. The highest BCUT2D eigenvalue weighted by Crippen LogP contribution is 2.35. The lowest BCUT2D eigenvalue weighted by Gasteiger charge is -2.30. The van der Waals surface area contributed by atoms with Crippen LogP contribution < -0.4 is 5.73 Å². The first-order valence-corrected chi connectivity index (χ1v) is 6.93. The highest BCUT2D eigenvalue weighted by Gasteiger charge is 2.26. The van der Waals surface area contributed by atoms with E-state index in [4.69, 9.17) is 5.73 Å². The molecule has 0 spiro atoms. The van der Waals surface area contributed by atoms with Crippen molar-refractivity contribution in [2.75, 3.05) is 0 Å². The van der Waals surface area contributed by atoms with Gasteiger partial charge in [0.15, 0.2) is 0 Å². The minimum Gasteiger partial charge on any atom is -0.324 e. The molecule has 1 aromatic carbocycles. The molecule has 17 heavy (non-hydrogen) atoms. The van der Waals surface area contributed by atoms with Gasteiger partial charge in [-0.3, -0.25) is 4.98 Å². The zero-order valence-corrected chi connectivity index (χ0v) is 10.5. The highest BCUT2D eigenvalue weighted by atomic mass is 32.1. The van der Waals surface area contributed by atoms with E-state index in [0.717, 1.165) is 12.8 Å². The van der Waals surface area contributed by atoms with Crippen LogP contribution in [0.5, 0.6) is 0 Å². The molecule has 0 saturated heterocycles. The summed E-state index contributed by atoms with van der Waals surface area (Å²) in [5.74, 6) is 0.561. The van der Waals surface area contributed by atoms with Crippen LogP contribution in [0.2, 0.25) is 0 Å². The Morgan fingerprint density at radius 2 is 2.24 bits per heavy atom. The predicted octanol–water partition coefficient (Wildman–Crippen LogP) is 2.95. The molecular formula is C14H16N2S. The van der Waals surface area contributed by atoms with Crippen molar-refractivity contribution in [3.05, 3.63) is 52.0 Å². The predicted molar refractivity (Wildman–Crippen MR) is 71.0 cm³/mol. The van der Waals surface area contributed by atoms with Gasteiger partial charge in [0, 0.05) is 17.1 Å². The first-order chi connectivity index (χ1) is 8.34. The van der Waals surface area contributed by atoms with Crippen molar-refractivity contribution in [3.8, 4) is 0 Å². The largest absolute Gasteiger partial charge is 0.324 e. The lowest BCUT2D eigenvalue weighted by molar-refractivity contribution is 0.378. The van der Waals surface area contributed by atoms with Gasteiger partial charge in [-0.25, -0.2) is 0 Å². The molecule has 1 aliphatic carbocycles. The zero-order chi connectivity index (χ0) is 11.7. The summed E-state index contributed by atoms with van der Waals surface area (Å²) < 4.78 is 0. The summed E-state index contributed by atoms with van der Waals surface area (Å²) in [4.78, 5) is 5.49. The maximum absolute atomic E-state index is 6.39. The Morgan fingerprint density at radius 3 is 3.06 bits per heavy atom. The van der Waals surface area contributed by atoms with Crippen LogP contribution in [0.1, 0.15) is 28.5 Å². The van der Waals surface area contributed by atoms with Crippen molar-refractivity contribution in [3.63, 3.8) is 0 Å². The maximum Gasteiger partial charge on any atom is 0.0794 e. The molecule has 2 nitrogen and oxygen atoms in total. The fourth-order valence-electron chi connectivity index (χ4n) is 2.69. The van der Waals surface area contributed by atoms with Gasteiger partial charge in [0.05, 0.1) is 5.51 Å². The van der Waals surface area contributed by atoms with E-state index < -0.39 is 0 Å². The van der Waals surface area contributed by atoms with Gasteiger partial charge in [-0.15, -0.1) is 11.3 Å². The number of benzene rings is 1. The van der Waals surface area contributed by atoms with Gasteiger partial charge < -0.3 is 5.73 Å². The molecular weight excluding hydrogens is 228 g/mol. The van der Waals surface area contributed by atoms with Crippen molar-refractivity contribution in [1.82, 2.24) is 4.98 Å².